The van der Waals surface area contributed by atoms with Crippen LogP contribution in [-0.2, 0) is 16.2 Å². The molecular weight excluding hydrogens is 439 g/mol. The highest BCUT2D eigenvalue weighted by molar-refractivity contribution is 7.93. The van der Waals surface area contributed by atoms with E-state index in [0.717, 1.165) is 22.4 Å². The van der Waals surface area contributed by atoms with Crippen LogP contribution in [0.15, 0.2) is 66.7 Å². The van der Waals surface area contributed by atoms with Crippen LogP contribution in [0.25, 0.3) is 11.3 Å². The predicted octanol–water partition coefficient (Wildman–Crippen LogP) is 6.71. The molecule has 9 heteroatoms. The third-order valence-corrected chi connectivity index (χ3v) is 4.54. The molecule has 0 fully saturated rings. The van der Waals surface area contributed by atoms with Gasteiger partial charge < -0.3 is 0 Å². The number of hydrogen-bond donors (Lipinski definition) is 1. The maximum Gasteiger partial charge on any atom is 0.435 e. The molecule has 1 aromatic heterocycles. The second kappa shape index (κ2) is 14.4. The van der Waals surface area contributed by atoms with Crippen LogP contribution >= 0.6 is 0 Å². The van der Waals surface area contributed by atoms with Crippen LogP contribution in [0.4, 0.5) is 13.2 Å². The van der Waals surface area contributed by atoms with Gasteiger partial charge >= 0.3 is 6.18 Å². The average Bonchev–Trinajstić information content (AvgIpc) is 3.16. The van der Waals surface area contributed by atoms with Gasteiger partial charge in [0.15, 0.2) is 5.69 Å². The molecule has 0 aromatic carbocycles. The van der Waals surface area contributed by atoms with E-state index in [1.165, 1.54) is 12.2 Å². The summed E-state index contributed by atoms with van der Waals surface area (Å²) in [5.74, 6) is 0. The Morgan fingerprint density at radius 2 is 1.72 bits per heavy atom. The van der Waals surface area contributed by atoms with Crippen molar-refractivity contribution in [3.05, 3.63) is 78.0 Å². The minimum absolute atomic E-state index is 0.242. The van der Waals surface area contributed by atoms with Crippen LogP contribution in [0.2, 0.25) is 0 Å². The van der Waals surface area contributed by atoms with E-state index in [4.69, 9.17) is 5.14 Å². The number of alkyl halides is 3. The van der Waals surface area contributed by atoms with Crippen molar-refractivity contribution in [2.45, 2.75) is 54.1 Å². The van der Waals surface area contributed by atoms with Crippen molar-refractivity contribution in [2.75, 3.05) is 0 Å². The molecule has 32 heavy (non-hydrogen) atoms. The molecule has 0 spiro atoms. The molecule has 0 atom stereocenters. The van der Waals surface area contributed by atoms with E-state index in [-0.39, 0.29) is 16.3 Å². The molecule has 0 aliphatic carbocycles. The van der Waals surface area contributed by atoms with Crippen LogP contribution in [0.1, 0.15) is 59.4 Å². The number of rotatable bonds is 7. The molecule has 0 radical (unpaired) electrons. The van der Waals surface area contributed by atoms with Gasteiger partial charge in [0.05, 0.1) is 16.3 Å². The SMILES string of the molecule is C=C.C=C(/C=C\C(=C/C)n1nc(C(F)(F)F)cc1/C(=C/C=C(C)C)CC)S(N)(=O)=O.CC. The third kappa shape index (κ3) is 10.1. The lowest BCUT2D eigenvalue weighted by Gasteiger charge is -2.10. The second-order valence-electron chi connectivity index (χ2n) is 6.17. The molecule has 180 valence electrons. The summed E-state index contributed by atoms with van der Waals surface area (Å²) in [6, 6.07) is 0.972. The summed E-state index contributed by atoms with van der Waals surface area (Å²) < 4.78 is 63.5. The van der Waals surface area contributed by atoms with E-state index in [1.807, 2.05) is 34.6 Å². The van der Waals surface area contributed by atoms with Crippen LogP contribution in [0.5, 0.6) is 0 Å². The zero-order valence-electron chi connectivity index (χ0n) is 19.6. The lowest BCUT2D eigenvalue weighted by molar-refractivity contribution is -0.141. The van der Waals surface area contributed by atoms with Crippen LogP contribution in [0.3, 0.4) is 0 Å². The summed E-state index contributed by atoms with van der Waals surface area (Å²) in [7, 11) is -3.99. The molecule has 1 rings (SSSR count). The zero-order valence-corrected chi connectivity index (χ0v) is 20.4. The molecule has 0 aliphatic heterocycles. The molecule has 0 saturated heterocycles. The Kier molecular flexibility index (Phi) is 14.2. The van der Waals surface area contributed by atoms with Gasteiger partial charge in [0.2, 0.25) is 10.0 Å². The largest absolute Gasteiger partial charge is 0.435 e. The number of hydrogen-bond acceptors (Lipinski definition) is 3. The zero-order chi connectivity index (χ0) is 25.7. The van der Waals surface area contributed by atoms with Crippen molar-refractivity contribution < 1.29 is 21.6 Å². The van der Waals surface area contributed by atoms with Gasteiger partial charge in [0.1, 0.15) is 0 Å². The standard InChI is InChI=1S/C19H24F3N3O2S.C2H6.C2H4/c1-6-15(10-8-13(3)4)17-12-18(19(20,21)22)24-25(17)16(7-2)11-9-14(5)28(23,26)27;2*1-2/h7-12H,5-6H2,1-4H3,(H2,23,26,27);1-2H3;1-2H2/b11-9-,15-10+,16-7+;;. The van der Waals surface area contributed by atoms with Crippen LogP contribution < -0.4 is 5.14 Å². The monoisotopic (exact) mass is 473 g/mol. The molecule has 5 nitrogen and oxygen atoms in total. The van der Waals surface area contributed by atoms with Crippen molar-refractivity contribution in [3.8, 4) is 0 Å². The number of nitrogens with zero attached hydrogens (tertiary/aromatic N) is 2. The summed E-state index contributed by atoms with van der Waals surface area (Å²) in [6.45, 7) is 20.5. The quantitative estimate of drug-likeness (QED) is 0.353. The highest BCUT2D eigenvalue weighted by atomic mass is 32.2. The van der Waals surface area contributed by atoms with Crippen LogP contribution in [0, 0.1) is 0 Å². The summed E-state index contributed by atoms with van der Waals surface area (Å²) in [5, 5.41) is 8.68. The minimum Gasteiger partial charge on any atom is -0.233 e. The van der Waals surface area contributed by atoms with E-state index >= 15 is 0 Å². The summed E-state index contributed by atoms with van der Waals surface area (Å²) in [5.41, 5.74) is 1.08. The Morgan fingerprint density at radius 3 is 2.09 bits per heavy atom. The number of aromatic nitrogens is 2. The minimum atomic E-state index is -4.62. The first-order valence-electron chi connectivity index (χ1n) is 9.89. The molecule has 0 aliphatic rings. The first-order valence-corrected chi connectivity index (χ1v) is 11.4. The van der Waals surface area contributed by atoms with Crippen molar-refractivity contribution >= 4 is 21.3 Å². The van der Waals surface area contributed by atoms with Crippen molar-refractivity contribution in [2.24, 2.45) is 5.14 Å². The molecular formula is C23H34F3N3O2S. The van der Waals surface area contributed by atoms with E-state index < -0.39 is 21.9 Å². The van der Waals surface area contributed by atoms with Crippen LogP contribution in [-0.4, -0.2) is 18.2 Å². The lowest BCUT2D eigenvalue weighted by atomic mass is 10.1. The fraction of sp³-hybridized carbons (Fsp3) is 0.348. The molecule has 1 heterocycles. The van der Waals surface area contributed by atoms with E-state index in [2.05, 4.69) is 24.8 Å². The fourth-order valence-electron chi connectivity index (χ4n) is 2.16. The van der Waals surface area contributed by atoms with Gasteiger partial charge in [0, 0.05) is 0 Å². The van der Waals surface area contributed by atoms with Gasteiger partial charge in [-0.15, -0.1) is 13.2 Å². The highest BCUT2D eigenvalue weighted by Crippen LogP contribution is 2.32. The van der Waals surface area contributed by atoms with E-state index in [9.17, 15) is 21.6 Å². The molecule has 1 aromatic rings. The summed E-state index contributed by atoms with van der Waals surface area (Å²) >= 11 is 0. The Hall–Kier alpha value is -2.65. The van der Waals surface area contributed by atoms with E-state index in [0.29, 0.717) is 12.0 Å². The number of sulfonamides is 1. The van der Waals surface area contributed by atoms with Gasteiger partial charge in [-0.2, -0.15) is 18.3 Å². The highest BCUT2D eigenvalue weighted by Gasteiger charge is 2.35. The maximum atomic E-state index is 13.2. The number of allylic oxidation sites excluding steroid dienone is 8. The Labute approximate surface area is 190 Å². The summed E-state index contributed by atoms with van der Waals surface area (Å²) in [4.78, 5) is -0.368. The number of halogens is 3. The molecule has 0 bridgehead atoms. The molecule has 0 saturated carbocycles. The van der Waals surface area contributed by atoms with Gasteiger partial charge in [-0.05, 0) is 51.0 Å². The molecule has 0 amide bonds. The fourth-order valence-corrected chi connectivity index (χ4v) is 2.42. The smallest absolute Gasteiger partial charge is 0.233 e. The van der Waals surface area contributed by atoms with Gasteiger partial charge in [0.25, 0.3) is 0 Å². The van der Waals surface area contributed by atoms with Gasteiger partial charge in [-0.25, -0.2) is 18.2 Å². The summed E-state index contributed by atoms with van der Waals surface area (Å²) in [6.07, 6.45) is 3.32. The van der Waals surface area contributed by atoms with Crippen molar-refractivity contribution in [1.82, 2.24) is 9.78 Å². The Balaban J connectivity index is 0. The second-order valence-corrected chi connectivity index (χ2v) is 7.79. The van der Waals surface area contributed by atoms with Crippen molar-refractivity contribution in [1.29, 1.82) is 0 Å². The normalized spacial score (nSPS) is 12.4. The topological polar surface area (TPSA) is 78.0 Å². The molecule has 0 unspecified atom stereocenters. The van der Waals surface area contributed by atoms with Gasteiger partial charge in [-0.3, -0.25) is 0 Å². The van der Waals surface area contributed by atoms with E-state index in [1.54, 1.807) is 19.1 Å². The maximum absolute atomic E-state index is 13.2. The lowest BCUT2D eigenvalue weighted by Crippen LogP contribution is -2.12. The number of nitrogens with two attached hydrogens (primary N) is 1. The number of primary sulfonamides is 1. The average molecular weight is 474 g/mol. The van der Waals surface area contributed by atoms with Crippen molar-refractivity contribution in [3.63, 3.8) is 0 Å². The Bertz CT molecular complexity index is 977. The first kappa shape index (κ1) is 31.5. The third-order valence-electron chi connectivity index (χ3n) is 3.67. The molecule has 2 N–H and O–H groups in total. The van der Waals surface area contributed by atoms with Gasteiger partial charge in [-0.1, -0.05) is 51.2 Å². The first-order chi connectivity index (χ1) is 14.8. The Morgan fingerprint density at radius 1 is 1.19 bits per heavy atom. The predicted molar refractivity (Wildman–Crippen MR) is 129 cm³/mol.